The maximum absolute atomic E-state index is 14.2. The second-order valence-electron chi connectivity index (χ2n) is 9.97. The summed E-state index contributed by atoms with van der Waals surface area (Å²) in [5, 5.41) is 21.6. The van der Waals surface area contributed by atoms with Crippen molar-refractivity contribution in [3.63, 3.8) is 0 Å². The number of nitrogens with one attached hydrogen (secondary N) is 3. The molecular formula is C29H27FN8O2. The lowest BCUT2D eigenvalue weighted by atomic mass is 10.1. The van der Waals surface area contributed by atoms with Gasteiger partial charge in [-0.25, -0.2) is 14.4 Å². The molecule has 1 atom stereocenters. The van der Waals surface area contributed by atoms with Crippen LogP contribution in [0.15, 0.2) is 61.2 Å². The number of ether oxygens (including phenoxy) is 1. The molecule has 1 aromatic carbocycles. The molecule has 6 rings (SSSR count). The van der Waals surface area contributed by atoms with E-state index in [2.05, 4.69) is 49.3 Å². The zero-order valence-electron chi connectivity index (χ0n) is 22.1. The van der Waals surface area contributed by atoms with Crippen LogP contribution in [0.1, 0.15) is 20.3 Å². The third-order valence-corrected chi connectivity index (χ3v) is 6.52. The maximum Gasteiger partial charge on any atom is 0.159 e. The molecule has 4 N–H and O–H groups in total. The van der Waals surface area contributed by atoms with E-state index in [1.807, 2.05) is 18.2 Å². The van der Waals surface area contributed by atoms with E-state index in [0.717, 1.165) is 22.0 Å². The van der Waals surface area contributed by atoms with Crippen LogP contribution >= 0.6 is 0 Å². The van der Waals surface area contributed by atoms with Crippen molar-refractivity contribution in [1.29, 1.82) is 0 Å². The number of aliphatic hydroxyl groups is 1. The molecule has 0 aliphatic heterocycles. The summed E-state index contributed by atoms with van der Waals surface area (Å²) < 4.78 is 19.5. The van der Waals surface area contributed by atoms with Crippen LogP contribution in [-0.2, 0) is 0 Å². The topological polar surface area (TPSA) is 138 Å². The first-order valence-corrected chi connectivity index (χ1v) is 12.8. The van der Waals surface area contributed by atoms with Crippen molar-refractivity contribution in [2.45, 2.75) is 26.5 Å². The quantitative estimate of drug-likeness (QED) is 0.185. The number of imidazole rings is 1. The Bertz CT molecular complexity index is 1830. The van der Waals surface area contributed by atoms with Crippen molar-refractivity contribution < 1.29 is 14.2 Å². The van der Waals surface area contributed by atoms with Gasteiger partial charge in [-0.05, 0) is 42.7 Å². The van der Waals surface area contributed by atoms with Gasteiger partial charge in [0, 0.05) is 41.3 Å². The summed E-state index contributed by atoms with van der Waals surface area (Å²) in [5.41, 5.74) is 5.93. The Morgan fingerprint density at radius 2 is 1.85 bits per heavy atom. The predicted molar refractivity (Wildman–Crippen MR) is 151 cm³/mol. The van der Waals surface area contributed by atoms with Gasteiger partial charge in [0.1, 0.15) is 29.0 Å². The van der Waals surface area contributed by atoms with Crippen LogP contribution < -0.4 is 10.1 Å². The average Bonchev–Trinajstić information content (AvgIpc) is 3.56. The third kappa shape index (κ3) is 4.94. The summed E-state index contributed by atoms with van der Waals surface area (Å²) in [6.07, 6.45) is 6.77. The van der Waals surface area contributed by atoms with Crippen molar-refractivity contribution in [1.82, 2.24) is 35.1 Å². The third-order valence-electron chi connectivity index (χ3n) is 6.52. The first-order chi connectivity index (χ1) is 19.4. The minimum absolute atomic E-state index is 0.353. The summed E-state index contributed by atoms with van der Waals surface area (Å²) in [6.45, 7) is 4.11. The molecule has 0 aliphatic rings. The van der Waals surface area contributed by atoms with E-state index in [1.54, 1.807) is 30.9 Å². The van der Waals surface area contributed by atoms with Gasteiger partial charge in [0.25, 0.3) is 0 Å². The normalized spacial score (nSPS) is 12.3. The van der Waals surface area contributed by atoms with Gasteiger partial charge in [-0.15, -0.1) is 0 Å². The van der Waals surface area contributed by atoms with E-state index < -0.39 is 12.0 Å². The highest BCUT2D eigenvalue weighted by Gasteiger charge is 2.18. The van der Waals surface area contributed by atoms with Gasteiger partial charge in [-0.3, -0.25) is 15.1 Å². The number of aromatic nitrogens is 7. The number of aliphatic hydroxyl groups excluding tert-OH is 1. The molecule has 6 aromatic rings. The SMILES string of the molecule is COc1cc(F)cc(-c2nccc3[nH]c(-c4n[nH]c5ncc(-c6cncc(NC(O)CC(C)C)c6)cc45)nc23)c1. The molecule has 11 heteroatoms. The molecule has 0 saturated carbocycles. The number of anilines is 1. The summed E-state index contributed by atoms with van der Waals surface area (Å²) in [5.74, 6) is 0.836. The molecule has 0 spiro atoms. The van der Waals surface area contributed by atoms with E-state index in [4.69, 9.17) is 9.72 Å². The lowest BCUT2D eigenvalue weighted by molar-refractivity contribution is 0.176. The molecule has 1 unspecified atom stereocenters. The first kappa shape index (κ1) is 25.4. The molecule has 0 saturated heterocycles. The molecule has 202 valence electrons. The van der Waals surface area contributed by atoms with E-state index in [9.17, 15) is 9.50 Å². The Morgan fingerprint density at radius 1 is 1.00 bits per heavy atom. The fourth-order valence-corrected chi connectivity index (χ4v) is 4.69. The molecule has 0 bridgehead atoms. The lowest BCUT2D eigenvalue weighted by Gasteiger charge is -2.16. The van der Waals surface area contributed by atoms with E-state index in [1.165, 1.54) is 19.2 Å². The fraction of sp³-hybridized carbons (Fsp3) is 0.207. The summed E-state index contributed by atoms with van der Waals surface area (Å²) >= 11 is 0. The number of H-pyrrole nitrogens is 2. The van der Waals surface area contributed by atoms with Crippen molar-refractivity contribution in [3.05, 3.63) is 67.0 Å². The van der Waals surface area contributed by atoms with Crippen LogP contribution in [0, 0.1) is 11.7 Å². The number of nitrogens with zero attached hydrogens (tertiary/aromatic N) is 5. The van der Waals surface area contributed by atoms with Gasteiger partial charge < -0.3 is 20.1 Å². The number of methoxy groups -OCH3 is 1. The highest BCUT2D eigenvalue weighted by molar-refractivity contribution is 5.96. The van der Waals surface area contributed by atoms with Crippen LogP contribution in [0.25, 0.3) is 56.0 Å². The summed E-state index contributed by atoms with van der Waals surface area (Å²) in [4.78, 5) is 21.5. The minimum Gasteiger partial charge on any atom is -0.497 e. The number of hydrogen-bond donors (Lipinski definition) is 4. The second-order valence-corrected chi connectivity index (χ2v) is 9.97. The van der Waals surface area contributed by atoms with E-state index in [0.29, 0.717) is 57.7 Å². The molecular weight excluding hydrogens is 511 g/mol. The first-order valence-electron chi connectivity index (χ1n) is 12.8. The van der Waals surface area contributed by atoms with Crippen LogP contribution in [0.4, 0.5) is 10.1 Å². The van der Waals surface area contributed by atoms with Gasteiger partial charge in [0.15, 0.2) is 11.5 Å². The summed E-state index contributed by atoms with van der Waals surface area (Å²) in [6, 6.07) is 10.1. The maximum atomic E-state index is 14.2. The largest absolute Gasteiger partial charge is 0.497 e. The zero-order valence-corrected chi connectivity index (χ0v) is 22.1. The zero-order chi connectivity index (χ0) is 27.8. The van der Waals surface area contributed by atoms with E-state index >= 15 is 0 Å². The number of rotatable bonds is 8. The van der Waals surface area contributed by atoms with Gasteiger partial charge in [-0.1, -0.05) is 13.8 Å². The Balaban J connectivity index is 1.38. The van der Waals surface area contributed by atoms with Crippen molar-refractivity contribution in [2.24, 2.45) is 5.92 Å². The molecule has 0 amide bonds. The highest BCUT2D eigenvalue weighted by atomic mass is 19.1. The Labute approximate surface area is 228 Å². The fourth-order valence-electron chi connectivity index (χ4n) is 4.69. The van der Waals surface area contributed by atoms with Gasteiger partial charge >= 0.3 is 0 Å². The number of hydrogen-bond acceptors (Lipinski definition) is 8. The molecule has 10 nitrogen and oxygen atoms in total. The Hall–Kier alpha value is -4.90. The molecule has 0 fully saturated rings. The van der Waals surface area contributed by atoms with Crippen molar-refractivity contribution >= 4 is 27.8 Å². The van der Waals surface area contributed by atoms with Crippen LogP contribution in [-0.4, -0.2) is 53.6 Å². The predicted octanol–water partition coefficient (Wildman–Crippen LogP) is 5.55. The Morgan fingerprint density at radius 3 is 2.67 bits per heavy atom. The number of benzene rings is 1. The average molecular weight is 539 g/mol. The van der Waals surface area contributed by atoms with Gasteiger partial charge in [0.05, 0.1) is 35.6 Å². The number of pyridine rings is 3. The van der Waals surface area contributed by atoms with Gasteiger partial charge in [0.2, 0.25) is 0 Å². The van der Waals surface area contributed by atoms with Crippen molar-refractivity contribution in [2.75, 3.05) is 12.4 Å². The van der Waals surface area contributed by atoms with E-state index in [-0.39, 0.29) is 0 Å². The van der Waals surface area contributed by atoms with Crippen LogP contribution in [0.5, 0.6) is 5.75 Å². The summed E-state index contributed by atoms with van der Waals surface area (Å²) in [7, 11) is 1.49. The standard InChI is InChI=1S/C29H27FN8O2/c1-15(2)6-24(39)34-20-8-17(12-31-14-20)18-10-22-26(37-38-28(22)33-13-18)29-35-23-4-5-32-25(27(23)36-29)16-7-19(30)11-21(9-16)40-3/h4-5,7-15,24,34,39H,6H2,1-3H3,(H,35,36)(H,33,37,38). The highest BCUT2D eigenvalue weighted by Crippen LogP contribution is 2.33. The smallest absolute Gasteiger partial charge is 0.159 e. The number of aromatic amines is 2. The molecule has 5 heterocycles. The number of halogens is 1. The lowest BCUT2D eigenvalue weighted by Crippen LogP contribution is -2.20. The number of fused-ring (bicyclic) bond motifs is 2. The van der Waals surface area contributed by atoms with Crippen LogP contribution in [0.3, 0.4) is 0 Å². The molecule has 0 radical (unpaired) electrons. The van der Waals surface area contributed by atoms with Gasteiger partial charge in [-0.2, -0.15) is 5.10 Å². The second kappa shape index (κ2) is 10.3. The minimum atomic E-state index is -0.668. The monoisotopic (exact) mass is 538 g/mol. The van der Waals surface area contributed by atoms with Crippen molar-refractivity contribution in [3.8, 4) is 39.7 Å². The molecule has 5 aromatic heterocycles. The molecule has 40 heavy (non-hydrogen) atoms. The molecule has 0 aliphatic carbocycles. The van der Waals surface area contributed by atoms with Crippen LogP contribution in [0.2, 0.25) is 0 Å². The Kier molecular flexibility index (Phi) is 6.56.